The van der Waals surface area contributed by atoms with E-state index in [-0.39, 0.29) is 5.82 Å². The number of fused-ring (bicyclic) bond motifs is 1. The fraction of sp³-hybridized carbons (Fsp3) is 0.364. The summed E-state index contributed by atoms with van der Waals surface area (Å²) in [5.41, 5.74) is 1.42. The van der Waals surface area contributed by atoms with Gasteiger partial charge in [-0.3, -0.25) is 0 Å². The van der Waals surface area contributed by atoms with Gasteiger partial charge in [-0.2, -0.15) is 0 Å². The van der Waals surface area contributed by atoms with Gasteiger partial charge in [0.15, 0.2) is 11.5 Å². The van der Waals surface area contributed by atoms with Crippen LogP contribution in [0.5, 0.6) is 0 Å². The Labute approximate surface area is 82.4 Å². The molecule has 0 radical (unpaired) electrons. The molecule has 0 saturated heterocycles. The zero-order valence-corrected chi connectivity index (χ0v) is 8.37. The Hall–Kier alpha value is -1.38. The summed E-state index contributed by atoms with van der Waals surface area (Å²) < 4.78 is 15.2. The second-order valence-electron chi connectivity index (χ2n) is 3.59. The maximum absolute atomic E-state index is 13.5. The van der Waals surface area contributed by atoms with Crippen LogP contribution in [-0.2, 0) is 0 Å². The highest BCUT2D eigenvalue weighted by Crippen LogP contribution is 2.20. The summed E-state index contributed by atoms with van der Waals surface area (Å²) >= 11 is 0. The molecule has 0 aromatic carbocycles. The van der Waals surface area contributed by atoms with E-state index in [9.17, 15) is 4.39 Å². The Balaban J connectivity index is 2.58. The molecule has 0 N–H and O–H groups in total. The van der Waals surface area contributed by atoms with Gasteiger partial charge in [0.2, 0.25) is 0 Å². The third-order valence-corrected chi connectivity index (χ3v) is 2.65. The molecule has 0 aliphatic carbocycles. The molecule has 14 heavy (non-hydrogen) atoms. The number of pyridine rings is 1. The average molecular weight is 192 g/mol. The number of hydrogen-bond donors (Lipinski definition) is 0. The van der Waals surface area contributed by atoms with Gasteiger partial charge in [0.05, 0.1) is 0 Å². The molecule has 2 nitrogen and oxygen atoms in total. The summed E-state index contributed by atoms with van der Waals surface area (Å²) in [4.78, 5) is 3.93. The van der Waals surface area contributed by atoms with Crippen molar-refractivity contribution in [3.63, 3.8) is 0 Å². The fourth-order valence-electron chi connectivity index (χ4n) is 1.52. The van der Waals surface area contributed by atoms with E-state index >= 15 is 0 Å². The lowest BCUT2D eigenvalue weighted by atomic mass is 10.0. The van der Waals surface area contributed by atoms with Crippen LogP contribution in [0.15, 0.2) is 24.7 Å². The minimum atomic E-state index is -0.243. The summed E-state index contributed by atoms with van der Waals surface area (Å²) in [5, 5.41) is 0. The van der Waals surface area contributed by atoms with Crippen molar-refractivity contribution in [1.82, 2.24) is 9.38 Å². The number of halogens is 1. The second-order valence-corrected chi connectivity index (χ2v) is 3.59. The highest BCUT2D eigenvalue weighted by molar-refractivity contribution is 5.42. The molecule has 2 heterocycles. The van der Waals surface area contributed by atoms with Gasteiger partial charge < -0.3 is 4.40 Å². The standard InChI is InChI=1S/C11H13FN2/c1-3-8(2)9-6-10(12)11-13-4-5-14(11)7-9/h4-8H,3H2,1-2H3. The van der Waals surface area contributed by atoms with Gasteiger partial charge in [0.25, 0.3) is 0 Å². The minimum Gasteiger partial charge on any atom is -0.304 e. The van der Waals surface area contributed by atoms with Crippen molar-refractivity contribution in [2.24, 2.45) is 0 Å². The van der Waals surface area contributed by atoms with E-state index in [0.29, 0.717) is 11.6 Å². The van der Waals surface area contributed by atoms with Crippen LogP contribution in [0.25, 0.3) is 5.65 Å². The lowest BCUT2D eigenvalue weighted by molar-refractivity contribution is 0.619. The topological polar surface area (TPSA) is 17.3 Å². The molecule has 1 unspecified atom stereocenters. The number of hydrogen-bond acceptors (Lipinski definition) is 1. The number of aromatic nitrogens is 2. The molecule has 74 valence electrons. The summed E-state index contributed by atoms with van der Waals surface area (Å²) in [6, 6.07) is 1.58. The summed E-state index contributed by atoms with van der Waals surface area (Å²) in [6.45, 7) is 4.19. The largest absolute Gasteiger partial charge is 0.304 e. The zero-order valence-electron chi connectivity index (χ0n) is 8.37. The maximum atomic E-state index is 13.5. The van der Waals surface area contributed by atoms with Gasteiger partial charge in [-0.25, -0.2) is 9.37 Å². The van der Waals surface area contributed by atoms with E-state index in [2.05, 4.69) is 18.8 Å². The number of rotatable bonds is 2. The van der Waals surface area contributed by atoms with Gasteiger partial charge in [0.1, 0.15) is 0 Å². The molecule has 3 heteroatoms. The van der Waals surface area contributed by atoms with Crippen LogP contribution in [-0.4, -0.2) is 9.38 Å². The predicted octanol–water partition coefficient (Wildman–Crippen LogP) is 2.99. The molecular formula is C11H13FN2. The maximum Gasteiger partial charge on any atom is 0.173 e. The number of imidazole rings is 1. The Bertz CT molecular complexity index is 447. The summed E-state index contributed by atoms with van der Waals surface area (Å²) in [5.74, 6) is 0.143. The lowest BCUT2D eigenvalue weighted by Gasteiger charge is -2.09. The molecule has 2 aromatic heterocycles. The van der Waals surface area contributed by atoms with Crippen molar-refractivity contribution in [1.29, 1.82) is 0 Å². The molecule has 0 saturated carbocycles. The van der Waals surface area contributed by atoms with E-state index in [1.807, 2.05) is 6.20 Å². The molecule has 0 amide bonds. The molecular weight excluding hydrogens is 179 g/mol. The van der Waals surface area contributed by atoms with Crippen LogP contribution in [0.2, 0.25) is 0 Å². The van der Waals surface area contributed by atoms with E-state index in [1.54, 1.807) is 22.9 Å². The van der Waals surface area contributed by atoms with Gasteiger partial charge >= 0.3 is 0 Å². The van der Waals surface area contributed by atoms with Crippen molar-refractivity contribution in [2.45, 2.75) is 26.2 Å². The van der Waals surface area contributed by atoms with E-state index in [4.69, 9.17) is 0 Å². The Morgan fingerprint density at radius 1 is 1.57 bits per heavy atom. The first-order valence-corrected chi connectivity index (χ1v) is 4.84. The first kappa shape index (κ1) is 9.19. The third kappa shape index (κ3) is 1.39. The van der Waals surface area contributed by atoms with E-state index < -0.39 is 0 Å². The van der Waals surface area contributed by atoms with Crippen LogP contribution in [0.1, 0.15) is 31.7 Å². The Kier molecular flexibility index (Phi) is 2.23. The van der Waals surface area contributed by atoms with Crippen LogP contribution in [0.4, 0.5) is 4.39 Å². The minimum absolute atomic E-state index is 0.243. The van der Waals surface area contributed by atoms with E-state index in [1.165, 1.54) is 0 Å². The molecule has 0 aliphatic rings. The van der Waals surface area contributed by atoms with Crippen molar-refractivity contribution in [3.05, 3.63) is 36.0 Å². The smallest absolute Gasteiger partial charge is 0.173 e. The quantitative estimate of drug-likeness (QED) is 0.715. The van der Waals surface area contributed by atoms with Gasteiger partial charge in [-0.15, -0.1) is 0 Å². The van der Waals surface area contributed by atoms with Crippen molar-refractivity contribution in [2.75, 3.05) is 0 Å². The van der Waals surface area contributed by atoms with Gasteiger partial charge in [0, 0.05) is 18.6 Å². The number of nitrogens with zero attached hydrogens (tertiary/aromatic N) is 2. The Morgan fingerprint density at radius 2 is 2.36 bits per heavy atom. The van der Waals surface area contributed by atoms with Gasteiger partial charge in [-0.05, 0) is 24.0 Å². The summed E-state index contributed by atoms with van der Waals surface area (Å²) in [7, 11) is 0. The first-order chi connectivity index (χ1) is 6.72. The fourth-order valence-corrected chi connectivity index (χ4v) is 1.52. The van der Waals surface area contributed by atoms with Gasteiger partial charge in [-0.1, -0.05) is 13.8 Å². The van der Waals surface area contributed by atoms with Crippen molar-refractivity contribution < 1.29 is 4.39 Å². The highest BCUT2D eigenvalue weighted by atomic mass is 19.1. The molecule has 2 rings (SSSR count). The highest BCUT2D eigenvalue weighted by Gasteiger charge is 2.08. The average Bonchev–Trinajstić information content (AvgIpc) is 2.64. The molecule has 0 fully saturated rings. The molecule has 1 atom stereocenters. The molecule has 0 aliphatic heterocycles. The normalized spacial score (nSPS) is 13.4. The zero-order chi connectivity index (χ0) is 10.1. The van der Waals surface area contributed by atoms with Crippen LogP contribution >= 0.6 is 0 Å². The SMILES string of the molecule is CCC(C)c1cc(F)c2nccn2c1. The molecule has 0 spiro atoms. The van der Waals surface area contributed by atoms with E-state index in [0.717, 1.165) is 12.0 Å². The van der Waals surface area contributed by atoms with Crippen LogP contribution in [0, 0.1) is 5.82 Å². The molecule has 2 aromatic rings. The monoisotopic (exact) mass is 192 g/mol. The third-order valence-electron chi connectivity index (χ3n) is 2.65. The summed E-state index contributed by atoms with van der Waals surface area (Å²) in [6.07, 6.45) is 6.34. The van der Waals surface area contributed by atoms with Crippen molar-refractivity contribution in [3.8, 4) is 0 Å². The first-order valence-electron chi connectivity index (χ1n) is 4.84. The second kappa shape index (κ2) is 3.40. The Morgan fingerprint density at radius 3 is 3.07 bits per heavy atom. The predicted molar refractivity (Wildman–Crippen MR) is 53.9 cm³/mol. The van der Waals surface area contributed by atoms with Crippen molar-refractivity contribution >= 4 is 5.65 Å². The van der Waals surface area contributed by atoms with Crippen LogP contribution in [0.3, 0.4) is 0 Å². The molecule has 0 bridgehead atoms. The van der Waals surface area contributed by atoms with Crippen LogP contribution < -0.4 is 0 Å². The lowest BCUT2D eigenvalue weighted by Crippen LogP contribution is -1.97.